The Morgan fingerprint density at radius 2 is 2.04 bits per heavy atom. The first kappa shape index (κ1) is 14.9. The zero-order valence-corrected chi connectivity index (χ0v) is 14.5. The van der Waals surface area contributed by atoms with Crippen LogP contribution < -0.4 is 4.90 Å². The Labute approximate surface area is 144 Å². The molecule has 0 amide bonds. The van der Waals surface area contributed by atoms with Crippen LogP contribution in [-0.4, -0.2) is 24.2 Å². The van der Waals surface area contributed by atoms with Crippen LogP contribution in [0.1, 0.15) is 18.6 Å². The maximum Gasteiger partial charge on any atom is 0.186 e. The lowest BCUT2D eigenvalue weighted by Gasteiger charge is -2.36. The van der Waals surface area contributed by atoms with Crippen molar-refractivity contribution in [1.82, 2.24) is 4.98 Å². The number of thiophene rings is 1. The third kappa shape index (κ3) is 3.17. The molecular weight excluding hydrogens is 324 g/mol. The number of ether oxygens (including phenoxy) is 1. The molecule has 1 aliphatic heterocycles. The largest absolute Gasteiger partial charge is 0.367 e. The number of rotatable bonds is 3. The van der Waals surface area contributed by atoms with E-state index in [1.807, 2.05) is 12.3 Å². The van der Waals surface area contributed by atoms with E-state index in [1.165, 1.54) is 16.0 Å². The lowest BCUT2D eigenvalue weighted by atomic mass is 10.1. The molecule has 4 rings (SSSR count). The molecule has 0 radical (unpaired) electrons. The molecule has 0 spiro atoms. The monoisotopic (exact) mass is 342 g/mol. The van der Waals surface area contributed by atoms with Crippen LogP contribution in [0.4, 0.5) is 5.13 Å². The molecule has 0 bridgehead atoms. The number of benzene rings is 1. The van der Waals surface area contributed by atoms with Gasteiger partial charge >= 0.3 is 0 Å². The minimum absolute atomic E-state index is 0.133. The molecule has 2 aromatic heterocycles. The minimum atomic E-state index is 0.133. The molecule has 0 aliphatic carbocycles. The molecule has 1 aliphatic rings. The highest BCUT2D eigenvalue weighted by atomic mass is 32.1. The van der Waals surface area contributed by atoms with Gasteiger partial charge in [0.05, 0.1) is 17.5 Å². The fourth-order valence-corrected chi connectivity index (χ4v) is 4.54. The first-order valence-corrected chi connectivity index (χ1v) is 9.49. The summed E-state index contributed by atoms with van der Waals surface area (Å²) in [7, 11) is 0. The first-order valence-electron chi connectivity index (χ1n) is 7.73. The fourth-order valence-electron chi connectivity index (χ4n) is 2.90. The molecule has 1 aromatic carbocycles. The van der Waals surface area contributed by atoms with Gasteiger partial charge in [-0.25, -0.2) is 4.98 Å². The standard InChI is InChI=1S/C18H18N2OS2/c1-13-10-20(11-16(21-13)15-7-8-22-12-15)18-19-9-17(23-18)14-5-3-2-4-6-14/h2-9,12-13,16H,10-11H2,1H3. The average Bonchev–Trinajstić information content (AvgIpc) is 3.27. The maximum atomic E-state index is 6.12. The van der Waals surface area contributed by atoms with Crippen molar-refractivity contribution >= 4 is 27.8 Å². The minimum Gasteiger partial charge on any atom is -0.367 e. The average molecular weight is 342 g/mol. The summed E-state index contributed by atoms with van der Waals surface area (Å²) in [6.07, 6.45) is 2.32. The number of thiazole rings is 1. The van der Waals surface area contributed by atoms with Crippen molar-refractivity contribution in [2.24, 2.45) is 0 Å². The second-order valence-electron chi connectivity index (χ2n) is 5.77. The normalized spacial score (nSPS) is 21.5. The quantitative estimate of drug-likeness (QED) is 0.681. The van der Waals surface area contributed by atoms with Crippen molar-refractivity contribution in [3.05, 3.63) is 58.9 Å². The van der Waals surface area contributed by atoms with Crippen LogP contribution in [0.15, 0.2) is 53.4 Å². The predicted molar refractivity (Wildman–Crippen MR) is 97.4 cm³/mol. The van der Waals surface area contributed by atoms with E-state index >= 15 is 0 Å². The zero-order valence-electron chi connectivity index (χ0n) is 12.9. The molecule has 23 heavy (non-hydrogen) atoms. The molecule has 0 saturated carbocycles. The lowest BCUT2D eigenvalue weighted by molar-refractivity contribution is -0.0171. The molecule has 3 aromatic rings. The van der Waals surface area contributed by atoms with Crippen molar-refractivity contribution in [2.75, 3.05) is 18.0 Å². The van der Waals surface area contributed by atoms with Gasteiger partial charge in [0.1, 0.15) is 6.10 Å². The smallest absolute Gasteiger partial charge is 0.186 e. The summed E-state index contributed by atoms with van der Waals surface area (Å²) in [5.41, 5.74) is 2.50. The van der Waals surface area contributed by atoms with E-state index in [1.54, 1.807) is 22.7 Å². The van der Waals surface area contributed by atoms with Gasteiger partial charge < -0.3 is 9.64 Å². The Balaban J connectivity index is 1.56. The van der Waals surface area contributed by atoms with Gasteiger partial charge in [0.25, 0.3) is 0 Å². The Morgan fingerprint density at radius 1 is 1.17 bits per heavy atom. The Kier molecular flexibility index (Phi) is 4.16. The summed E-state index contributed by atoms with van der Waals surface area (Å²) in [6, 6.07) is 12.6. The zero-order chi connectivity index (χ0) is 15.6. The first-order chi connectivity index (χ1) is 11.3. The van der Waals surface area contributed by atoms with Crippen molar-refractivity contribution in [3.8, 4) is 10.4 Å². The van der Waals surface area contributed by atoms with Gasteiger partial charge in [-0.2, -0.15) is 11.3 Å². The van der Waals surface area contributed by atoms with Crippen molar-refractivity contribution < 1.29 is 4.74 Å². The second-order valence-corrected chi connectivity index (χ2v) is 7.56. The third-order valence-corrected chi connectivity index (χ3v) is 5.81. The van der Waals surface area contributed by atoms with Crippen LogP contribution >= 0.6 is 22.7 Å². The van der Waals surface area contributed by atoms with Gasteiger partial charge in [0, 0.05) is 12.7 Å². The van der Waals surface area contributed by atoms with Gasteiger partial charge in [0.2, 0.25) is 0 Å². The number of aromatic nitrogens is 1. The van der Waals surface area contributed by atoms with Crippen molar-refractivity contribution in [2.45, 2.75) is 19.1 Å². The molecule has 3 heterocycles. The summed E-state index contributed by atoms with van der Waals surface area (Å²) in [5, 5.41) is 5.37. The number of anilines is 1. The SMILES string of the molecule is CC1CN(c2ncc(-c3ccccc3)s2)CC(c2ccsc2)O1. The molecule has 2 atom stereocenters. The Bertz CT molecular complexity index is 754. The van der Waals surface area contributed by atoms with Gasteiger partial charge in [-0.15, -0.1) is 0 Å². The maximum absolute atomic E-state index is 6.12. The molecule has 1 fully saturated rings. The Morgan fingerprint density at radius 3 is 2.83 bits per heavy atom. The second kappa shape index (κ2) is 6.43. The van der Waals surface area contributed by atoms with Crippen LogP contribution in [0.2, 0.25) is 0 Å². The van der Waals surface area contributed by atoms with Crippen LogP contribution in [0.25, 0.3) is 10.4 Å². The van der Waals surface area contributed by atoms with Crippen molar-refractivity contribution in [1.29, 1.82) is 0 Å². The van der Waals surface area contributed by atoms with Crippen LogP contribution in [0.5, 0.6) is 0 Å². The summed E-state index contributed by atoms with van der Waals surface area (Å²) in [4.78, 5) is 8.23. The van der Waals surface area contributed by atoms with E-state index in [-0.39, 0.29) is 12.2 Å². The van der Waals surface area contributed by atoms with Crippen LogP contribution in [0, 0.1) is 0 Å². The van der Waals surface area contributed by atoms with E-state index in [2.05, 4.69) is 57.9 Å². The number of morpholine rings is 1. The van der Waals surface area contributed by atoms with E-state index < -0.39 is 0 Å². The van der Waals surface area contributed by atoms with E-state index in [0.717, 1.165) is 18.2 Å². The molecule has 0 N–H and O–H groups in total. The number of nitrogens with zero attached hydrogens (tertiary/aromatic N) is 2. The summed E-state index contributed by atoms with van der Waals surface area (Å²) < 4.78 is 6.12. The van der Waals surface area contributed by atoms with Gasteiger partial charge in [-0.1, -0.05) is 41.7 Å². The van der Waals surface area contributed by atoms with E-state index in [9.17, 15) is 0 Å². The molecule has 2 unspecified atom stereocenters. The third-order valence-electron chi connectivity index (χ3n) is 4.00. The molecule has 1 saturated heterocycles. The lowest BCUT2D eigenvalue weighted by Crippen LogP contribution is -2.42. The summed E-state index contributed by atoms with van der Waals surface area (Å²) in [5.74, 6) is 0. The van der Waals surface area contributed by atoms with Gasteiger partial charge in [-0.3, -0.25) is 0 Å². The molecule has 118 valence electrons. The Hall–Kier alpha value is -1.69. The van der Waals surface area contributed by atoms with Crippen LogP contribution in [0.3, 0.4) is 0 Å². The summed E-state index contributed by atoms with van der Waals surface area (Å²) in [6.45, 7) is 3.89. The highest BCUT2D eigenvalue weighted by Gasteiger charge is 2.28. The number of hydrogen-bond acceptors (Lipinski definition) is 5. The molecule has 3 nitrogen and oxygen atoms in total. The molecular formula is C18H18N2OS2. The highest BCUT2D eigenvalue weighted by Crippen LogP contribution is 2.35. The van der Waals surface area contributed by atoms with Crippen molar-refractivity contribution in [3.63, 3.8) is 0 Å². The fraction of sp³-hybridized carbons (Fsp3) is 0.278. The molecule has 5 heteroatoms. The van der Waals surface area contributed by atoms with Crippen LogP contribution in [-0.2, 0) is 4.74 Å². The summed E-state index contributed by atoms with van der Waals surface area (Å²) >= 11 is 3.48. The highest BCUT2D eigenvalue weighted by molar-refractivity contribution is 7.18. The van der Waals surface area contributed by atoms with E-state index in [0.29, 0.717) is 0 Å². The topological polar surface area (TPSA) is 25.4 Å². The van der Waals surface area contributed by atoms with Gasteiger partial charge in [0.15, 0.2) is 5.13 Å². The predicted octanol–water partition coefficient (Wildman–Crippen LogP) is 4.84. The van der Waals surface area contributed by atoms with Gasteiger partial charge in [-0.05, 0) is 34.9 Å². The van der Waals surface area contributed by atoms with E-state index in [4.69, 9.17) is 4.74 Å². The number of hydrogen-bond donors (Lipinski definition) is 0.